The Morgan fingerprint density at radius 3 is 1.29 bits per heavy atom. The van der Waals surface area contributed by atoms with E-state index in [0.29, 0.717) is 37.1 Å². The summed E-state index contributed by atoms with van der Waals surface area (Å²) in [6, 6.07) is 11.8. The summed E-state index contributed by atoms with van der Waals surface area (Å²) in [6.07, 6.45) is 3.91. The van der Waals surface area contributed by atoms with Crippen LogP contribution in [0, 0.1) is 33.5 Å². The fraction of sp³-hybridized carbons (Fsp3) is 0.500. The van der Waals surface area contributed by atoms with Crippen LogP contribution in [0.15, 0.2) is 58.3 Å². The van der Waals surface area contributed by atoms with Crippen LogP contribution in [0.2, 0.25) is 0 Å². The Labute approximate surface area is 240 Å². The third-order valence-electron chi connectivity index (χ3n) is 10.8. The van der Waals surface area contributed by atoms with Gasteiger partial charge in [0.15, 0.2) is 11.6 Å². The fourth-order valence-corrected chi connectivity index (χ4v) is 9.29. The third kappa shape index (κ3) is 3.87. The first-order chi connectivity index (χ1) is 19.1. The second-order valence-corrected chi connectivity index (χ2v) is 15.6. The molecule has 0 radical (unpaired) electrons. The number of carbonyl (C=O) groups excluding carboxylic acids is 4. The normalized spacial score (nSPS) is 30.9. The fourth-order valence-electron chi connectivity index (χ4n) is 8.03. The highest BCUT2D eigenvalue weighted by Crippen LogP contribution is 2.61. The first kappa shape index (κ1) is 27.8. The average Bonchev–Trinajstić information content (AvgIpc) is 3.67. The van der Waals surface area contributed by atoms with E-state index < -0.39 is 31.5 Å². The molecule has 0 aliphatic heterocycles. The largest absolute Gasteiger partial charge is 0.325 e. The van der Waals surface area contributed by atoms with Gasteiger partial charge in [0.2, 0.25) is 21.7 Å². The van der Waals surface area contributed by atoms with Gasteiger partial charge in [-0.05, 0) is 98.9 Å². The van der Waals surface area contributed by atoms with Crippen molar-refractivity contribution in [3.8, 4) is 0 Å². The van der Waals surface area contributed by atoms with Crippen LogP contribution in [-0.4, -0.2) is 31.8 Å². The molecule has 8 nitrogen and oxygen atoms in total. The highest BCUT2D eigenvalue weighted by molar-refractivity contribution is 7.91. The maximum absolute atomic E-state index is 13.3. The second kappa shape index (κ2) is 8.84. The minimum Gasteiger partial charge on any atom is -0.325 e. The summed E-state index contributed by atoms with van der Waals surface area (Å²) in [5.74, 6) is -0.245. The van der Waals surface area contributed by atoms with E-state index in [9.17, 15) is 27.6 Å². The molecule has 0 saturated heterocycles. The van der Waals surface area contributed by atoms with E-state index in [-0.39, 0.29) is 45.0 Å². The van der Waals surface area contributed by atoms with Gasteiger partial charge in [-0.3, -0.25) is 19.2 Å². The maximum atomic E-state index is 13.3. The molecule has 2 N–H and O–H groups in total. The van der Waals surface area contributed by atoms with Gasteiger partial charge in [0.05, 0.1) is 9.79 Å². The Bertz CT molecular complexity index is 1480. The molecular weight excluding hydrogens is 540 g/mol. The number of benzene rings is 2. The number of carbonyl (C=O) groups is 4. The first-order valence-electron chi connectivity index (χ1n) is 14.3. The van der Waals surface area contributed by atoms with Gasteiger partial charge < -0.3 is 10.6 Å². The number of sulfone groups is 1. The van der Waals surface area contributed by atoms with Crippen LogP contribution in [0.5, 0.6) is 0 Å². The van der Waals surface area contributed by atoms with Crippen molar-refractivity contribution in [3.05, 3.63) is 48.5 Å². The van der Waals surface area contributed by atoms with Gasteiger partial charge in [-0.2, -0.15) is 0 Å². The number of hydrogen-bond acceptors (Lipinski definition) is 6. The van der Waals surface area contributed by atoms with Crippen LogP contribution in [0.25, 0.3) is 0 Å². The van der Waals surface area contributed by atoms with E-state index >= 15 is 0 Å². The molecule has 4 bridgehead atoms. The highest BCUT2D eigenvalue weighted by atomic mass is 32.2. The molecule has 9 heteroatoms. The minimum atomic E-state index is -3.86. The lowest BCUT2D eigenvalue weighted by Crippen LogP contribution is -2.44. The quantitative estimate of drug-likeness (QED) is 0.456. The van der Waals surface area contributed by atoms with Crippen molar-refractivity contribution in [2.45, 2.75) is 76.0 Å². The van der Waals surface area contributed by atoms with Crippen molar-refractivity contribution in [1.82, 2.24) is 0 Å². The minimum absolute atomic E-state index is 0.0108. The van der Waals surface area contributed by atoms with E-state index in [4.69, 9.17) is 0 Å². The summed E-state index contributed by atoms with van der Waals surface area (Å²) in [5, 5.41) is 5.68. The number of anilines is 2. The lowest BCUT2D eigenvalue weighted by Gasteiger charge is -2.32. The molecule has 4 aliphatic rings. The third-order valence-corrected chi connectivity index (χ3v) is 12.6. The van der Waals surface area contributed by atoms with Crippen molar-refractivity contribution < 1.29 is 27.6 Å². The number of ketones is 2. The number of hydrogen-bond donors (Lipinski definition) is 2. The van der Waals surface area contributed by atoms with E-state index in [1.54, 1.807) is 0 Å². The molecule has 6 rings (SSSR count). The van der Waals surface area contributed by atoms with Gasteiger partial charge >= 0.3 is 0 Å². The van der Waals surface area contributed by atoms with Gasteiger partial charge in [0.25, 0.3) is 0 Å². The van der Waals surface area contributed by atoms with E-state index in [2.05, 4.69) is 10.6 Å². The average molecular weight is 577 g/mol. The Morgan fingerprint density at radius 2 is 1.00 bits per heavy atom. The number of nitrogens with one attached hydrogen (secondary N) is 2. The van der Waals surface area contributed by atoms with Crippen molar-refractivity contribution in [2.24, 2.45) is 33.5 Å². The molecule has 2 aromatic rings. The summed E-state index contributed by atoms with van der Waals surface area (Å²) in [6.45, 7) is 7.65. The molecule has 4 aliphatic carbocycles. The van der Waals surface area contributed by atoms with Crippen LogP contribution in [0.3, 0.4) is 0 Å². The van der Waals surface area contributed by atoms with Crippen LogP contribution < -0.4 is 10.6 Å². The molecule has 2 amide bonds. The van der Waals surface area contributed by atoms with Gasteiger partial charge in [0.1, 0.15) is 10.8 Å². The summed E-state index contributed by atoms with van der Waals surface area (Å²) < 4.78 is 26.6. The van der Waals surface area contributed by atoms with Crippen LogP contribution >= 0.6 is 0 Å². The lowest BCUT2D eigenvalue weighted by molar-refractivity contribution is -0.143. The summed E-state index contributed by atoms with van der Waals surface area (Å²) in [7, 11) is -3.86. The van der Waals surface area contributed by atoms with Crippen LogP contribution in [0.4, 0.5) is 11.4 Å². The number of amides is 2. The van der Waals surface area contributed by atoms with Gasteiger partial charge in [0, 0.05) is 22.2 Å². The van der Waals surface area contributed by atoms with Crippen molar-refractivity contribution in [3.63, 3.8) is 0 Å². The summed E-state index contributed by atoms with van der Waals surface area (Å²) >= 11 is 0. The van der Waals surface area contributed by atoms with Crippen molar-refractivity contribution >= 4 is 44.6 Å². The number of Topliss-reactive ketones (excluding diaryl/α,β-unsaturated/α-hetero) is 2. The van der Waals surface area contributed by atoms with Gasteiger partial charge in [-0.1, -0.05) is 27.7 Å². The molecule has 4 saturated carbocycles. The van der Waals surface area contributed by atoms with Crippen LogP contribution in [0.1, 0.15) is 66.2 Å². The summed E-state index contributed by atoms with van der Waals surface area (Å²) in [4.78, 5) is 52.5. The zero-order valence-corrected chi connectivity index (χ0v) is 24.7. The SMILES string of the molecule is CC1(C)C(=O)C2(C(=O)Nc3ccc(S(=O)(=O)c4ccc(NC(=O)C56CCC(C5)C(C)(C)C6=O)cc4)cc3)CCC1C2. The topological polar surface area (TPSA) is 126 Å². The Kier molecular flexibility index (Phi) is 6.00. The van der Waals surface area contributed by atoms with Gasteiger partial charge in [-0.25, -0.2) is 8.42 Å². The molecule has 4 unspecified atom stereocenters. The maximum Gasteiger partial charge on any atom is 0.238 e. The first-order valence-corrected chi connectivity index (χ1v) is 15.8. The van der Waals surface area contributed by atoms with E-state index in [1.165, 1.54) is 48.5 Å². The number of fused-ring (bicyclic) bond motifs is 4. The Hall–Kier alpha value is -3.33. The predicted molar refractivity (Wildman–Crippen MR) is 153 cm³/mol. The molecule has 0 heterocycles. The lowest BCUT2D eigenvalue weighted by atomic mass is 9.70. The molecule has 2 aromatic carbocycles. The zero-order valence-electron chi connectivity index (χ0n) is 23.9. The summed E-state index contributed by atoms with van der Waals surface area (Å²) in [5.41, 5.74) is -2.15. The standard InChI is InChI=1S/C32H36N2O6S/c1-29(2)19-13-15-31(17-19,25(29)35)27(37)33-21-5-9-23(10-6-21)41(39,40)24-11-7-22(8-12-24)34-28(38)32-16-14-20(18-32)30(3,4)26(32)36/h5-12,19-20H,13-18H2,1-4H3,(H,33,37)(H,34,38). The molecule has 216 valence electrons. The molecular formula is C32H36N2O6S. The zero-order chi connectivity index (χ0) is 29.6. The van der Waals surface area contributed by atoms with E-state index in [0.717, 1.165) is 12.8 Å². The monoisotopic (exact) mass is 576 g/mol. The van der Waals surface area contributed by atoms with Crippen molar-refractivity contribution in [1.29, 1.82) is 0 Å². The Morgan fingerprint density at radius 1 is 0.659 bits per heavy atom. The molecule has 0 spiro atoms. The number of rotatable bonds is 6. The smallest absolute Gasteiger partial charge is 0.238 e. The second-order valence-electron chi connectivity index (χ2n) is 13.6. The highest BCUT2D eigenvalue weighted by Gasteiger charge is 2.66. The molecule has 0 aromatic heterocycles. The molecule has 4 atom stereocenters. The van der Waals surface area contributed by atoms with E-state index in [1.807, 2.05) is 27.7 Å². The van der Waals surface area contributed by atoms with Gasteiger partial charge in [-0.15, -0.1) is 0 Å². The van der Waals surface area contributed by atoms with Crippen LogP contribution in [-0.2, 0) is 29.0 Å². The predicted octanol–water partition coefficient (Wildman–Crippen LogP) is 5.19. The Balaban J connectivity index is 1.13. The molecule has 41 heavy (non-hydrogen) atoms. The molecule has 4 fully saturated rings. The van der Waals surface area contributed by atoms with Crippen molar-refractivity contribution in [2.75, 3.05) is 10.6 Å².